The summed E-state index contributed by atoms with van der Waals surface area (Å²) in [6.07, 6.45) is 2.98. The monoisotopic (exact) mass is 429 g/mol. The maximum atomic E-state index is 12.2. The van der Waals surface area contributed by atoms with E-state index in [1.165, 1.54) is 27.4 Å². The lowest BCUT2D eigenvalue weighted by molar-refractivity contribution is -0.116. The van der Waals surface area contributed by atoms with E-state index < -0.39 is 0 Å². The first kappa shape index (κ1) is 21.2. The summed E-state index contributed by atoms with van der Waals surface area (Å²) in [6.45, 7) is 0.0731. The summed E-state index contributed by atoms with van der Waals surface area (Å²) in [5, 5.41) is 7.09. The lowest BCUT2D eigenvalue weighted by Gasteiger charge is -2.13. The van der Waals surface area contributed by atoms with Gasteiger partial charge < -0.3 is 24.1 Å². The lowest BCUT2D eigenvalue weighted by atomic mass is 10.1. The van der Waals surface area contributed by atoms with Crippen molar-refractivity contribution in [2.24, 2.45) is 0 Å². The average Bonchev–Trinajstić information content (AvgIpc) is 3.24. The number of hydrogen-bond donors (Lipinski definition) is 1. The Morgan fingerprint density at radius 1 is 1.10 bits per heavy atom. The zero-order chi connectivity index (χ0) is 21.5. The molecule has 0 spiro atoms. The van der Waals surface area contributed by atoms with E-state index in [0.29, 0.717) is 39.2 Å². The molecule has 3 aromatic rings. The molecule has 0 atom stereocenters. The number of methoxy groups -OCH3 is 3. The van der Waals surface area contributed by atoms with Crippen molar-refractivity contribution in [3.05, 3.63) is 59.0 Å². The normalized spacial score (nSPS) is 10.8. The van der Waals surface area contributed by atoms with Crippen LogP contribution in [0.25, 0.3) is 17.5 Å². The molecule has 0 aliphatic heterocycles. The number of carbonyl (C=O) groups excluding carboxylic acids is 1. The first-order valence-corrected chi connectivity index (χ1v) is 9.27. The Labute approximate surface area is 178 Å². The molecule has 2 aromatic carbocycles. The molecule has 1 aromatic heterocycles. The van der Waals surface area contributed by atoms with Crippen molar-refractivity contribution in [2.75, 3.05) is 21.3 Å². The van der Waals surface area contributed by atoms with Crippen molar-refractivity contribution < 1.29 is 23.5 Å². The quantitative estimate of drug-likeness (QED) is 0.545. The molecule has 0 saturated carbocycles. The molecule has 8 nitrogen and oxygen atoms in total. The molecule has 0 saturated heterocycles. The van der Waals surface area contributed by atoms with E-state index in [4.69, 9.17) is 30.3 Å². The third-order valence-electron chi connectivity index (χ3n) is 4.15. The molecule has 156 valence electrons. The molecule has 1 N–H and O–H groups in total. The van der Waals surface area contributed by atoms with Gasteiger partial charge in [-0.2, -0.15) is 4.98 Å². The average molecular weight is 430 g/mol. The number of hydrogen-bond acceptors (Lipinski definition) is 7. The minimum Gasteiger partial charge on any atom is -0.493 e. The summed E-state index contributed by atoms with van der Waals surface area (Å²) in [7, 11) is 4.57. The Balaban J connectivity index is 1.66. The summed E-state index contributed by atoms with van der Waals surface area (Å²) in [6, 6.07) is 10.7. The fourth-order valence-electron chi connectivity index (χ4n) is 2.72. The molecule has 30 heavy (non-hydrogen) atoms. The Morgan fingerprint density at radius 3 is 2.57 bits per heavy atom. The largest absolute Gasteiger partial charge is 0.493 e. The molecule has 0 bridgehead atoms. The first-order valence-electron chi connectivity index (χ1n) is 8.89. The van der Waals surface area contributed by atoms with Crippen molar-refractivity contribution in [2.45, 2.75) is 6.54 Å². The number of amides is 1. The van der Waals surface area contributed by atoms with E-state index in [1.54, 1.807) is 30.3 Å². The van der Waals surface area contributed by atoms with Crippen molar-refractivity contribution in [3.8, 4) is 28.6 Å². The highest BCUT2D eigenvalue weighted by atomic mass is 35.5. The molecule has 0 radical (unpaired) electrons. The molecule has 0 aliphatic rings. The molecule has 0 unspecified atom stereocenters. The fourth-order valence-corrected chi connectivity index (χ4v) is 2.94. The van der Waals surface area contributed by atoms with Crippen LogP contribution >= 0.6 is 11.6 Å². The van der Waals surface area contributed by atoms with E-state index in [9.17, 15) is 4.79 Å². The number of aromatic nitrogens is 2. The van der Waals surface area contributed by atoms with Crippen LogP contribution in [-0.4, -0.2) is 37.4 Å². The van der Waals surface area contributed by atoms with Crippen LogP contribution in [0.15, 0.2) is 47.0 Å². The molecule has 1 heterocycles. The van der Waals surface area contributed by atoms with Crippen molar-refractivity contribution >= 4 is 23.6 Å². The Morgan fingerprint density at radius 2 is 1.87 bits per heavy atom. The Bertz CT molecular complexity index is 1060. The van der Waals surface area contributed by atoms with Gasteiger partial charge in [0.15, 0.2) is 11.5 Å². The van der Waals surface area contributed by atoms with Gasteiger partial charge in [0.25, 0.3) is 0 Å². The number of rotatable bonds is 8. The molecule has 3 rings (SSSR count). The molecular formula is C21H20ClN3O5. The maximum Gasteiger partial charge on any atom is 0.246 e. The van der Waals surface area contributed by atoms with Crippen LogP contribution in [0.4, 0.5) is 0 Å². The summed E-state index contributed by atoms with van der Waals surface area (Å²) in [5.74, 6) is 1.71. The number of nitrogens with one attached hydrogen (secondary N) is 1. The number of ether oxygens (including phenoxy) is 3. The maximum absolute atomic E-state index is 12.2. The highest BCUT2D eigenvalue weighted by Crippen LogP contribution is 2.40. The zero-order valence-electron chi connectivity index (χ0n) is 16.6. The van der Waals surface area contributed by atoms with Gasteiger partial charge in [-0.3, -0.25) is 4.79 Å². The summed E-state index contributed by atoms with van der Waals surface area (Å²) < 4.78 is 21.1. The minimum atomic E-state index is -0.343. The molecule has 0 fully saturated rings. The molecular weight excluding hydrogens is 410 g/mol. The Kier molecular flexibility index (Phi) is 6.92. The van der Waals surface area contributed by atoms with Gasteiger partial charge in [-0.1, -0.05) is 28.9 Å². The van der Waals surface area contributed by atoms with E-state index in [0.717, 1.165) is 0 Å². The predicted octanol–water partition coefficient (Wildman–Crippen LogP) is 3.75. The van der Waals surface area contributed by atoms with E-state index in [2.05, 4.69) is 15.5 Å². The topological polar surface area (TPSA) is 95.7 Å². The summed E-state index contributed by atoms with van der Waals surface area (Å²) in [5.41, 5.74) is 1.31. The SMILES string of the molecule is COc1ccc(/C=C/C(=O)NCc2nc(-c3ccccc3Cl)no2)c(OC)c1OC. The van der Waals surface area contributed by atoms with Gasteiger partial charge in [-0.15, -0.1) is 0 Å². The number of benzene rings is 2. The third-order valence-corrected chi connectivity index (χ3v) is 4.48. The first-order chi connectivity index (χ1) is 14.6. The standard InChI is InChI=1S/C21H20ClN3O5/c1-27-16-10-8-13(19(28-2)20(16)29-3)9-11-17(26)23-12-18-24-21(25-30-18)14-6-4-5-7-15(14)22/h4-11H,12H2,1-3H3,(H,23,26)/b11-9+. The van der Waals surface area contributed by atoms with Crippen molar-refractivity contribution in [1.82, 2.24) is 15.5 Å². The van der Waals surface area contributed by atoms with Crippen LogP contribution in [0.5, 0.6) is 17.2 Å². The molecule has 1 amide bonds. The highest BCUT2D eigenvalue weighted by molar-refractivity contribution is 6.33. The third kappa shape index (κ3) is 4.72. The van der Waals surface area contributed by atoms with Crippen LogP contribution in [0.3, 0.4) is 0 Å². The number of carbonyl (C=O) groups is 1. The fraction of sp³-hybridized carbons (Fsp3) is 0.190. The van der Waals surface area contributed by atoms with Crippen molar-refractivity contribution in [1.29, 1.82) is 0 Å². The van der Waals surface area contributed by atoms with Gasteiger partial charge in [-0.05, 0) is 30.3 Å². The number of halogens is 1. The van der Waals surface area contributed by atoms with Crippen LogP contribution < -0.4 is 19.5 Å². The smallest absolute Gasteiger partial charge is 0.246 e. The highest BCUT2D eigenvalue weighted by Gasteiger charge is 2.15. The second-order valence-corrected chi connectivity index (χ2v) is 6.37. The van der Waals surface area contributed by atoms with Gasteiger partial charge >= 0.3 is 0 Å². The van der Waals surface area contributed by atoms with Gasteiger partial charge in [0.2, 0.25) is 23.4 Å². The molecule has 0 aliphatic carbocycles. The lowest BCUT2D eigenvalue weighted by Crippen LogP contribution is -2.20. The van der Waals surface area contributed by atoms with E-state index in [-0.39, 0.29) is 18.3 Å². The van der Waals surface area contributed by atoms with E-state index in [1.807, 2.05) is 12.1 Å². The predicted molar refractivity (Wildman–Crippen MR) is 112 cm³/mol. The van der Waals surface area contributed by atoms with Crippen LogP contribution in [0, 0.1) is 0 Å². The zero-order valence-corrected chi connectivity index (χ0v) is 17.4. The molecule has 9 heteroatoms. The summed E-state index contributed by atoms with van der Waals surface area (Å²) in [4.78, 5) is 16.4. The Hall–Kier alpha value is -3.52. The number of nitrogens with zero attached hydrogens (tertiary/aromatic N) is 2. The second-order valence-electron chi connectivity index (χ2n) is 5.97. The van der Waals surface area contributed by atoms with Crippen LogP contribution in [0.2, 0.25) is 5.02 Å². The minimum absolute atomic E-state index is 0.0731. The van der Waals surface area contributed by atoms with E-state index >= 15 is 0 Å². The second kappa shape index (κ2) is 9.80. The van der Waals surface area contributed by atoms with Gasteiger partial charge in [0, 0.05) is 17.2 Å². The van der Waals surface area contributed by atoms with Gasteiger partial charge in [0.05, 0.1) is 32.9 Å². The van der Waals surface area contributed by atoms with Crippen LogP contribution in [0.1, 0.15) is 11.5 Å². The summed E-state index contributed by atoms with van der Waals surface area (Å²) >= 11 is 6.13. The van der Waals surface area contributed by atoms with Crippen LogP contribution in [-0.2, 0) is 11.3 Å². The van der Waals surface area contributed by atoms with Gasteiger partial charge in [-0.25, -0.2) is 0 Å². The van der Waals surface area contributed by atoms with Gasteiger partial charge in [0.1, 0.15) is 0 Å². The van der Waals surface area contributed by atoms with Crippen molar-refractivity contribution in [3.63, 3.8) is 0 Å².